The lowest BCUT2D eigenvalue weighted by atomic mass is 10.1. The monoisotopic (exact) mass is 233 g/mol. The Hall–Kier alpha value is -2.24. The molecule has 88 valence electrons. The number of nitrogens with zero attached hydrogens (tertiary/aromatic N) is 3. The first kappa shape index (κ1) is 11.3. The molecule has 0 saturated carbocycles. The van der Waals surface area contributed by atoms with Crippen LogP contribution in [0.2, 0.25) is 0 Å². The summed E-state index contributed by atoms with van der Waals surface area (Å²) in [6.07, 6.45) is 1.23. The maximum absolute atomic E-state index is 10.6. The van der Waals surface area contributed by atoms with Crippen LogP contribution >= 0.6 is 0 Å². The zero-order valence-electron chi connectivity index (χ0n) is 9.29. The Morgan fingerprint density at radius 1 is 1.41 bits per heavy atom. The predicted molar refractivity (Wildman–Crippen MR) is 59.5 cm³/mol. The van der Waals surface area contributed by atoms with E-state index in [9.17, 15) is 10.1 Å². The van der Waals surface area contributed by atoms with Crippen LogP contribution in [0.1, 0.15) is 17.3 Å². The summed E-state index contributed by atoms with van der Waals surface area (Å²) in [6.45, 7) is 1.75. The fourth-order valence-electron chi connectivity index (χ4n) is 1.52. The SMILES string of the molecule is Cc1noc(CCc2cccc([N+](=O)[O-])c2)n1. The van der Waals surface area contributed by atoms with Crippen LogP contribution in [0, 0.1) is 17.0 Å². The summed E-state index contributed by atoms with van der Waals surface area (Å²) in [6, 6.07) is 6.55. The lowest BCUT2D eigenvalue weighted by molar-refractivity contribution is -0.384. The van der Waals surface area contributed by atoms with Crippen LogP contribution in [0.25, 0.3) is 0 Å². The van der Waals surface area contributed by atoms with Gasteiger partial charge in [-0.15, -0.1) is 0 Å². The van der Waals surface area contributed by atoms with E-state index in [1.165, 1.54) is 6.07 Å². The molecule has 0 amide bonds. The van der Waals surface area contributed by atoms with Crippen molar-refractivity contribution in [2.75, 3.05) is 0 Å². The van der Waals surface area contributed by atoms with Gasteiger partial charge in [-0.1, -0.05) is 17.3 Å². The van der Waals surface area contributed by atoms with E-state index in [4.69, 9.17) is 4.52 Å². The van der Waals surface area contributed by atoms with E-state index in [0.29, 0.717) is 24.6 Å². The van der Waals surface area contributed by atoms with Gasteiger partial charge in [-0.25, -0.2) is 0 Å². The third-order valence-corrected chi connectivity index (χ3v) is 2.32. The van der Waals surface area contributed by atoms with Crippen LogP contribution in [0.15, 0.2) is 28.8 Å². The van der Waals surface area contributed by atoms with E-state index in [1.807, 2.05) is 6.07 Å². The van der Waals surface area contributed by atoms with Gasteiger partial charge in [-0.2, -0.15) is 4.98 Å². The van der Waals surface area contributed by atoms with Crippen molar-refractivity contribution < 1.29 is 9.45 Å². The number of rotatable bonds is 4. The molecule has 1 aromatic carbocycles. The molecule has 2 aromatic rings. The first-order valence-electron chi connectivity index (χ1n) is 5.17. The van der Waals surface area contributed by atoms with Crippen molar-refractivity contribution in [3.05, 3.63) is 51.7 Å². The van der Waals surface area contributed by atoms with Crippen molar-refractivity contribution in [1.82, 2.24) is 10.1 Å². The first-order chi connectivity index (χ1) is 8.15. The summed E-state index contributed by atoms with van der Waals surface area (Å²) in [7, 11) is 0. The maximum Gasteiger partial charge on any atom is 0.269 e. The molecule has 1 heterocycles. The Morgan fingerprint density at radius 3 is 2.88 bits per heavy atom. The summed E-state index contributed by atoms with van der Waals surface area (Å²) in [5, 5.41) is 14.3. The average Bonchev–Trinajstić information content (AvgIpc) is 2.73. The minimum absolute atomic E-state index is 0.101. The molecule has 0 atom stereocenters. The van der Waals surface area contributed by atoms with E-state index in [1.54, 1.807) is 19.1 Å². The molecule has 0 aliphatic carbocycles. The molecular formula is C11H11N3O3. The van der Waals surface area contributed by atoms with Gasteiger partial charge in [0, 0.05) is 18.6 Å². The van der Waals surface area contributed by atoms with Gasteiger partial charge in [0.1, 0.15) is 0 Å². The summed E-state index contributed by atoms with van der Waals surface area (Å²) < 4.78 is 4.97. The highest BCUT2D eigenvalue weighted by Gasteiger charge is 2.07. The standard InChI is InChI=1S/C11H11N3O3/c1-8-12-11(17-13-8)6-5-9-3-2-4-10(7-9)14(15)16/h2-4,7H,5-6H2,1H3. The highest BCUT2D eigenvalue weighted by atomic mass is 16.6. The zero-order valence-corrected chi connectivity index (χ0v) is 9.29. The third-order valence-electron chi connectivity index (χ3n) is 2.32. The van der Waals surface area contributed by atoms with Crippen molar-refractivity contribution in [1.29, 1.82) is 0 Å². The molecule has 6 heteroatoms. The van der Waals surface area contributed by atoms with Crippen LogP contribution in [0.5, 0.6) is 0 Å². The second-order valence-electron chi connectivity index (χ2n) is 3.66. The van der Waals surface area contributed by atoms with E-state index >= 15 is 0 Å². The van der Waals surface area contributed by atoms with E-state index in [2.05, 4.69) is 10.1 Å². The number of nitro groups is 1. The van der Waals surface area contributed by atoms with Crippen molar-refractivity contribution in [2.45, 2.75) is 19.8 Å². The molecular weight excluding hydrogens is 222 g/mol. The average molecular weight is 233 g/mol. The zero-order chi connectivity index (χ0) is 12.3. The third kappa shape index (κ3) is 2.87. The number of hydrogen-bond donors (Lipinski definition) is 0. The van der Waals surface area contributed by atoms with Crippen molar-refractivity contribution in [3.63, 3.8) is 0 Å². The van der Waals surface area contributed by atoms with Crippen molar-refractivity contribution in [2.24, 2.45) is 0 Å². The lowest BCUT2D eigenvalue weighted by Crippen LogP contribution is -1.94. The number of aryl methyl sites for hydroxylation is 3. The Balaban J connectivity index is 2.04. The Kier molecular flexibility index (Phi) is 3.13. The molecule has 0 bridgehead atoms. The van der Waals surface area contributed by atoms with Gasteiger partial charge in [-0.05, 0) is 18.9 Å². The number of hydrogen-bond acceptors (Lipinski definition) is 5. The summed E-state index contributed by atoms with van der Waals surface area (Å²) in [5.41, 5.74) is 0.985. The van der Waals surface area contributed by atoms with E-state index < -0.39 is 4.92 Å². The Morgan fingerprint density at radius 2 is 2.24 bits per heavy atom. The Bertz CT molecular complexity index is 536. The van der Waals surface area contributed by atoms with Crippen LogP contribution in [-0.4, -0.2) is 15.1 Å². The molecule has 0 radical (unpaired) electrons. The highest BCUT2D eigenvalue weighted by Crippen LogP contribution is 2.14. The number of nitro benzene ring substituents is 1. The molecule has 1 aromatic heterocycles. The topological polar surface area (TPSA) is 82.1 Å². The molecule has 0 aliphatic rings. The minimum atomic E-state index is -0.402. The largest absolute Gasteiger partial charge is 0.339 e. The van der Waals surface area contributed by atoms with Gasteiger partial charge < -0.3 is 4.52 Å². The van der Waals surface area contributed by atoms with Gasteiger partial charge in [0.2, 0.25) is 5.89 Å². The Labute approximate surface area is 97.4 Å². The molecule has 0 N–H and O–H groups in total. The normalized spacial score (nSPS) is 10.4. The van der Waals surface area contributed by atoms with E-state index in [-0.39, 0.29) is 5.69 Å². The smallest absolute Gasteiger partial charge is 0.269 e. The molecule has 0 saturated heterocycles. The first-order valence-corrected chi connectivity index (χ1v) is 5.17. The van der Waals surface area contributed by atoms with Crippen LogP contribution in [-0.2, 0) is 12.8 Å². The molecule has 0 aliphatic heterocycles. The number of aromatic nitrogens is 2. The lowest BCUT2D eigenvalue weighted by Gasteiger charge is -1.98. The molecule has 17 heavy (non-hydrogen) atoms. The van der Waals surface area contributed by atoms with Crippen LogP contribution in [0.3, 0.4) is 0 Å². The van der Waals surface area contributed by atoms with Gasteiger partial charge in [0.05, 0.1) is 4.92 Å². The summed E-state index contributed by atoms with van der Waals surface area (Å²) in [4.78, 5) is 14.3. The molecule has 0 unspecified atom stereocenters. The minimum Gasteiger partial charge on any atom is -0.339 e. The fraction of sp³-hybridized carbons (Fsp3) is 0.273. The van der Waals surface area contributed by atoms with Crippen LogP contribution < -0.4 is 0 Å². The van der Waals surface area contributed by atoms with Crippen LogP contribution in [0.4, 0.5) is 5.69 Å². The number of non-ortho nitro benzene ring substituents is 1. The molecule has 0 spiro atoms. The summed E-state index contributed by atoms with van der Waals surface area (Å²) >= 11 is 0. The maximum atomic E-state index is 10.6. The number of benzene rings is 1. The quantitative estimate of drug-likeness (QED) is 0.596. The molecule has 2 rings (SSSR count). The van der Waals surface area contributed by atoms with Gasteiger partial charge >= 0.3 is 0 Å². The predicted octanol–water partition coefficient (Wildman–Crippen LogP) is 2.07. The van der Waals surface area contributed by atoms with Gasteiger partial charge in [-0.3, -0.25) is 10.1 Å². The van der Waals surface area contributed by atoms with Gasteiger partial charge in [0.15, 0.2) is 5.82 Å². The van der Waals surface area contributed by atoms with Crippen molar-refractivity contribution in [3.8, 4) is 0 Å². The summed E-state index contributed by atoms with van der Waals surface area (Å²) in [5.74, 6) is 1.15. The van der Waals surface area contributed by atoms with E-state index in [0.717, 1.165) is 5.56 Å². The van der Waals surface area contributed by atoms with Crippen molar-refractivity contribution >= 4 is 5.69 Å². The highest BCUT2D eigenvalue weighted by molar-refractivity contribution is 5.34. The second-order valence-corrected chi connectivity index (χ2v) is 3.66. The second kappa shape index (κ2) is 4.73. The fourth-order valence-corrected chi connectivity index (χ4v) is 1.52. The molecule has 0 fully saturated rings. The van der Waals surface area contributed by atoms with Gasteiger partial charge in [0.25, 0.3) is 5.69 Å². The molecule has 6 nitrogen and oxygen atoms in total.